The third kappa shape index (κ3) is 9.40. The molecule has 1 saturated heterocycles. The van der Waals surface area contributed by atoms with Gasteiger partial charge in [-0.1, -0.05) is 0 Å². The third-order valence-electron chi connectivity index (χ3n) is 9.85. The molecule has 0 spiro atoms. The van der Waals surface area contributed by atoms with Crippen molar-refractivity contribution >= 4 is 97.5 Å². The molecule has 1 heterocycles. The van der Waals surface area contributed by atoms with Crippen LogP contribution in [0, 0.1) is 20.8 Å². The standard InChI is InChI=1S/C27H59BS2Si6.C9H11.Sb/c1-31(2,3)25(32(4,5)6)21-19-22(26(33(7,8)9)34(10,11)12)24(28(29)30)23(20-21)27(35(13,14)15)36(16,17)18;1-7-4-8(2)6-9(3)5-7;/h19-20,25-27H,1-18H3;4-5H,1-3H3;/q-2;;+2. The predicted octanol–water partition coefficient (Wildman–Crippen LogP) is 11.7. The van der Waals surface area contributed by atoms with Crippen molar-refractivity contribution in [2.75, 3.05) is 0 Å². The summed E-state index contributed by atoms with van der Waals surface area (Å²) in [6, 6.07) is 10.7. The molecule has 0 atom stereocenters. The molecule has 1 aliphatic heterocycles. The summed E-state index contributed by atoms with van der Waals surface area (Å²) < 4.78 is 1.77. The summed E-state index contributed by atoms with van der Waals surface area (Å²) >= 11 is -1.69. The molecule has 1 fully saturated rings. The molecule has 0 saturated carbocycles. The van der Waals surface area contributed by atoms with Crippen LogP contribution in [0.4, 0.5) is 0 Å². The fraction of sp³-hybridized carbons (Fsp3) is 0.667. The van der Waals surface area contributed by atoms with Crippen LogP contribution in [0.1, 0.15) is 48.9 Å². The number of hydrogen-bond acceptors (Lipinski definition) is 2. The molecule has 0 amide bonds. The van der Waals surface area contributed by atoms with Gasteiger partial charge in [-0.3, -0.25) is 0 Å². The summed E-state index contributed by atoms with van der Waals surface area (Å²) in [6.07, 6.45) is 0. The van der Waals surface area contributed by atoms with E-state index in [4.69, 9.17) is 0 Å². The predicted molar refractivity (Wildman–Crippen MR) is 241 cm³/mol. The van der Waals surface area contributed by atoms with E-state index < -0.39 is 65.9 Å². The third-order valence-corrected chi connectivity index (χ3v) is 58.0. The van der Waals surface area contributed by atoms with Crippen molar-refractivity contribution in [3.8, 4) is 0 Å². The second kappa shape index (κ2) is 14.0. The number of rotatable bonds is 11. The van der Waals surface area contributed by atoms with Crippen LogP contribution in [-0.2, 0) is 0 Å². The van der Waals surface area contributed by atoms with Crippen molar-refractivity contribution in [3.63, 3.8) is 0 Å². The Morgan fingerprint density at radius 3 is 1.07 bits per heavy atom. The Kier molecular flexibility index (Phi) is 12.7. The fourth-order valence-corrected chi connectivity index (χ4v) is 67.6. The Bertz CT molecular complexity index is 1300. The molecule has 10 heteroatoms. The van der Waals surface area contributed by atoms with Crippen LogP contribution < -0.4 is 8.97 Å². The first-order valence-electron chi connectivity index (χ1n) is 17.8. The van der Waals surface area contributed by atoms with E-state index in [1.165, 1.54) is 5.56 Å². The molecule has 0 aliphatic carbocycles. The van der Waals surface area contributed by atoms with Crippen LogP contribution in [0.15, 0.2) is 24.3 Å². The second-order valence-corrected chi connectivity index (χ2v) is 69.2. The summed E-state index contributed by atoms with van der Waals surface area (Å²) in [6.45, 7) is 55.6. The maximum atomic E-state index is 2.91. The van der Waals surface area contributed by atoms with Crippen LogP contribution in [-0.4, -0.2) is 71.1 Å². The molecule has 0 radical (unpaired) electrons. The zero-order valence-corrected chi connectivity index (χ0v) is 44.1. The van der Waals surface area contributed by atoms with Gasteiger partial charge in [0.1, 0.15) is 0 Å². The van der Waals surface area contributed by atoms with E-state index in [2.05, 4.69) is 180 Å². The zero-order chi connectivity index (χ0) is 35.7. The van der Waals surface area contributed by atoms with Crippen LogP contribution in [0.2, 0.25) is 118 Å². The molecule has 0 aromatic heterocycles. The van der Waals surface area contributed by atoms with E-state index in [1.54, 1.807) is 20.2 Å². The summed E-state index contributed by atoms with van der Waals surface area (Å²) in [7, 11) is -4.11. The molecule has 0 unspecified atom stereocenters. The van der Waals surface area contributed by atoms with E-state index in [0.29, 0.717) is 5.27 Å². The van der Waals surface area contributed by atoms with Crippen molar-refractivity contribution in [3.05, 3.63) is 57.6 Å². The van der Waals surface area contributed by atoms with Gasteiger partial charge in [0.05, 0.1) is 0 Å². The number of aryl methyl sites for hydroxylation is 3. The van der Waals surface area contributed by atoms with Gasteiger partial charge >= 0.3 is 309 Å². The molecule has 0 nitrogen and oxygen atoms in total. The molecule has 2 aromatic carbocycles. The average molecular weight is 868 g/mol. The Labute approximate surface area is 306 Å². The normalized spacial score (nSPS) is 16.2. The molecular weight excluding hydrogens is 798 g/mol. The Morgan fingerprint density at radius 1 is 0.478 bits per heavy atom. The van der Waals surface area contributed by atoms with Gasteiger partial charge in [-0.25, -0.2) is 0 Å². The van der Waals surface area contributed by atoms with E-state index in [-0.39, 0.29) is 0 Å². The average Bonchev–Trinajstić information content (AvgIpc) is 2.69. The van der Waals surface area contributed by atoms with E-state index >= 15 is 0 Å². The maximum absolute atomic E-state index is 2.91. The first-order chi connectivity index (χ1) is 20.4. The van der Waals surface area contributed by atoms with Crippen molar-refractivity contribution in [1.29, 1.82) is 0 Å². The summed E-state index contributed by atoms with van der Waals surface area (Å²) in [5, 5.41) is 2.95. The van der Waals surface area contributed by atoms with Gasteiger partial charge in [-0.15, -0.1) is 0 Å². The van der Waals surface area contributed by atoms with Crippen molar-refractivity contribution in [1.82, 2.24) is 0 Å². The fourth-order valence-electron chi connectivity index (χ4n) is 10.3. The quantitative estimate of drug-likeness (QED) is 0.206. The van der Waals surface area contributed by atoms with Gasteiger partial charge < -0.3 is 0 Å². The minimum atomic E-state index is -1.69. The van der Waals surface area contributed by atoms with Crippen LogP contribution >= 0.6 is 17.4 Å². The van der Waals surface area contributed by atoms with Crippen LogP contribution in [0.3, 0.4) is 0 Å². The summed E-state index contributed by atoms with van der Waals surface area (Å²) in [5.74, 6) is 0. The molecule has 0 N–H and O–H groups in total. The SMILES string of the molecule is Cc1cc(C)[c]([Sb]2[S]B(c3c(C([Si](C)(C)C)[Si](C)(C)C)cc(C([Si](C)(C)C)[Si](C)(C)C)cc3C([Si](C)(C)C)[Si](C)(C)C)[S]2)c(C)c1. The molecule has 46 heavy (non-hydrogen) atoms. The second-order valence-electron chi connectivity index (χ2n) is 21.2. The van der Waals surface area contributed by atoms with Crippen molar-refractivity contribution in [2.45, 2.75) is 154 Å². The molecular formula is C36H70BS2SbSi6. The Hall–Kier alpha value is 1.32. The van der Waals surface area contributed by atoms with Crippen molar-refractivity contribution < 1.29 is 0 Å². The van der Waals surface area contributed by atoms with Crippen LogP contribution in [0.25, 0.3) is 0 Å². The molecule has 3 rings (SSSR count). The van der Waals surface area contributed by atoms with Gasteiger partial charge in [-0.05, 0) is 0 Å². The number of benzene rings is 2. The van der Waals surface area contributed by atoms with Gasteiger partial charge in [0.2, 0.25) is 0 Å². The van der Waals surface area contributed by atoms with Crippen LogP contribution in [0.5, 0.6) is 0 Å². The first-order valence-corrected chi connectivity index (χ1v) is 48.4. The molecule has 258 valence electrons. The van der Waals surface area contributed by atoms with E-state index in [1.807, 2.05) is 16.6 Å². The topological polar surface area (TPSA) is 0 Å². The van der Waals surface area contributed by atoms with E-state index in [0.717, 1.165) is 15.5 Å². The Balaban J connectivity index is 2.51. The zero-order valence-electron chi connectivity index (χ0n) is 33.9. The minimum absolute atomic E-state index is 0.616. The van der Waals surface area contributed by atoms with E-state index in [9.17, 15) is 0 Å². The monoisotopic (exact) mass is 866 g/mol. The van der Waals surface area contributed by atoms with Crippen molar-refractivity contribution in [2.24, 2.45) is 0 Å². The first kappa shape index (κ1) is 41.7. The Morgan fingerprint density at radius 2 is 0.783 bits per heavy atom. The number of hydrogen-bond donors (Lipinski definition) is 0. The van der Waals surface area contributed by atoms with Gasteiger partial charge in [0.15, 0.2) is 0 Å². The summed E-state index contributed by atoms with van der Waals surface area (Å²) in [5.41, 5.74) is 11.9. The molecule has 1 aliphatic rings. The molecule has 0 bridgehead atoms. The summed E-state index contributed by atoms with van der Waals surface area (Å²) in [4.78, 5) is 0. The van der Waals surface area contributed by atoms with Gasteiger partial charge in [0, 0.05) is 0 Å². The van der Waals surface area contributed by atoms with Gasteiger partial charge in [-0.2, -0.15) is 0 Å². The van der Waals surface area contributed by atoms with Gasteiger partial charge in [0.25, 0.3) is 0 Å². The molecule has 2 aromatic rings.